The van der Waals surface area contributed by atoms with Gasteiger partial charge in [0.15, 0.2) is 17.5 Å². The first-order valence-corrected chi connectivity index (χ1v) is 16.0. The van der Waals surface area contributed by atoms with Crippen LogP contribution in [0.25, 0.3) is 85.9 Å². The van der Waals surface area contributed by atoms with Gasteiger partial charge < -0.3 is 0 Å². The summed E-state index contributed by atoms with van der Waals surface area (Å²) in [6.45, 7) is 0. The SMILES string of the molecule is c1ccc(-c2nc(-c3cccc4sc(-c5cccc6ccccc56)nc34)nc(-c3cccc4c3sc3ccccc34)n2)cc1. The van der Waals surface area contributed by atoms with Gasteiger partial charge in [0.05, 0.1) is 10.2 Å². The van der Waals surface area contributed by atoms with Crippen molar-refractivity contribution in [1.29, 1.82) is 0 Å². The maximum atomic E-state index is 5.21. The summed E-state index contributed by atoms with van der Waals surface area (Å²) in [7, 11) is 0. The van der Waals surface area contributed by atoms with Crippen molar-refractivity contribution in [2.24, 2.45) is 0 Å². The van der Waals surface area contributed by atoms with Gasteiger partial charge in [-0.15, -0.1) is 22.7 Å². The third-order valence-corrected chi connectivity index (χ3v) is 10.3. The quantitative estimate of drug-likeness (QED) is 0.202. The standard InChI is InChI=1S/C38H22N4S2/c1-2-12-24(13-3-1)35-40-36(42-37(41-35)30-20-9-17-27-26-16-6-7-21-31(26)43-34(27)30)29-19-10-22-32-33(29)39-38(44-32)28-18-8-14-23-11-4-5-15-25(23)28/h1-22H. The number of hydrogen-bond acceptors (Lipinski definition) is 6. The van der Waals surface area contributed by atoms with E-state index in [0.29, 0.717) is 17.5 Å². The molecule has 0 atom stereocenters. The molecular formula is C38H22N4S2. The van der Waals surface area contributed by atoms with Gasteiger partial charge in [0, 0.05) is 42.4 Å². The Morgan fingerprint density at radius 2 is 1.00 bits per heavy atom. The maximum Gasteiger partial charge on any atom is 0.166 e. The van der Waals surface area contributed by atoms with Crippen LogP contribution in [0.1, 0.15) is 0 Å². The van der Waals surface area contributed by atoms with Gasteiger partial charge in [0.1, 0.15) is 5.01 Å². The minimum Gasteiger partial charge on any atom is -0.235 e. The van der Waals surface area contributed by atoms with Crippen LogP contribution in [-0.4, -0.2) is 19.9 Å². The van der Waals surface area contributed by atoms with Crippen LogP contribution in [0.15, 0.2) is 133 Å². The van der Waals surface area contributed by atoms with Crippen molar-refractivity contribution in [2.75, 3.05) is 0 Å². The van der Waals surface area contributed by atoms with Gasteiger partial charge in [0.2, 0.25) is 0 Å². The molecule has 3 aromatic heterocycles. The van der Waals surface area contributed by atoms with Crippen LogP contribution in [0, 0.1) is 0 Å². The van der Waals surface area contributed by atoms with Crippen molar-refractivity contribution >= 4 is 63.8 Å². The molecule has 6 heteroatoms. The first-order valence-electron chi connectivity index (χ1n) is 14.4. The Balaban J connectivity index is 1.28. The molecule has 0 amide bonds. The summed E-state index contributed by atoms with van der Waals surface area (Å²) in [5.74, 6) is 1.92. The lowest BCUT2D eigenvalue weighted by atomic mass is 10.1. The summed E-state index contributed by atoms with van der Waals surface area (Å²) in [4.78, 5) is 20.5. The second kappa shape index (κ2) is 10.2. The monoisotopic (exact) mass is 598 g/mol. The Morgan fingerprint density at radius 1 is 0.386 bits per heavy atom. The Hall–Kier alpha value is -5.30. The lowest BCUT2D eigenvalue weighted by Gasteiger charge is -2.09. The van der Waals surface area contributed by atoms with Crippen LogP contribution in [0.5, 0.6) is 0 Å². The number of para-hydroxylation sites is 1. The zero-order valence-corrected chi connectivity index (χ0v) is 24.9. The Morgan fingerprint density at radius 3 is 1.91 bits per heavy atom. The molecule has 0 N–H and O–H groups in total. The van der Waals surface area contributed by atoms with Gasteiger partial charge in [-0.3, -0.25) is 0 Å². The van der Waals surface area contributed by atoms with E-state index in [0.717, 1.165) is 37.5 Å². The second-order valence-electron chi connectivity index (χ2n) is 10.7. The van der Waals surface area contributed by atoms with E-state index in [-0.39, 0.29) is 0 Å². The van der Waals surface area contributed by atoms with Crippen molar-refractivity contribution in [3.63, 3.8) is 0 Å². The number of fused-ring (bicyclic) bond motifs is 5. The fraction of sp³-hybridized carbons (Fsp3) is 0. The van der Waals surface area contributed by atoms with E-state index in [9.17, 15) is 0 Å². The molecule has 0 aliphatic rings. The van der Waals surface area contributed by atoms with Crippen molar-refractivity contribution < 1.29 is 0 Å². The summed E-state index contributed by atoms with van der Waals surface area (Å²) in [6, 6.07) is 46.2. The first-order chi connectivity index (χ1) is 21.8. The third-order valence-electron chi connectivity index (χ3n) is 7.99. The average molecular weight is 599 g/mol. The number of nitrogens with zero attached hydrogens (tertiary/aromatic N) is 4. The number of rotatable bonds is 4. The summed E-state index contributed by atoms with van der Waals surface area (Å²) in [5, 5.41) is 5.85. The Kier molecular flexibility index (Phi) is 5.82. The van der Waals surface area contributed by atoms with E-state index < -0.39 is 0 Å². The van der Waals surface area contributed by atoms with E-state index in [1.165, 1.54) is 30.9 Å². The topological polar surface area (TPSA) is 51.6 Å². The van der Waals surface area contributed by atoms with E-state index in [2.05, 4.69) is 103 Å². The van der Waals surface area contributed by atoms with Crippen molar-refractivity contribution in [2.45, 2.75) is 0 Å². The molecular weight excluding hydrogens is 577 g/mol. The summed E-state index contributed by atoms with van der Waals surface area (Å²) < 4.78 is 3.52. The van der Waals surface area contributed by atoms with Crippen LogP contribution in [0.2, 0.25) is 0 Å². The summed E-state index contributed by atoms with van der Waals surface area (Å²) in [6.07, 6.45) is 0. The van der Waals surface area contributed by atoms with Crippen LogP contribution < -0.4 is 0 Å². The first kappa shape index (κ1) is 25.2. The molecule has 0 radical (unpaired) electrons. The molecule has 0 saturated carbocycles. The number of thiazole rings is 1. The molecule has 0 spiro atoms. The Bertz CT molecular complexity index is 2510. The van der Waals surface area contributed by atoms with E-state index >= 15 is 0 Å². The molecule has 0 unspecified atom stereocenters. The van der Waals surface area contributed by atoms with Gasteiger partial charge in [-0.05, 0) is 35.0 Å². The van der Waals surface area contributed by atoms with Gasteiger partial charge in [-0.1, -0.05) is 109 Å². The lowest BCUT2D eigenvalue weighted by molar-refractivity contribution is 1.08. The molecule has 4 nitrogen and oxygen atoms in total. The average Bonchev–Trinajstić information content (AvgIpc) is 3.70. The highest BCUT2D eigenvalue weighted by Crippen LogP contribution is 2.41. The van der Waals surface area contributed by atoms with Crippen LogP contribution >= 0.6 is 22.7 Å². The second-order valence-corrected chi connectivity index (χ2v) is 12.7. The number of aromatic nitrogens is 4. The Labute approximate surface area is 261 Å². The molecule has 6 aromatic carbocycles. The third kappa shape index (κ3) is 4.11. The van der Waals surface area contributed by atoms with E-state index in [4.69, 9.17) is 19.9 Å². The van der Waals surface area contributed by atoms with E-state index in [1.807, 2.05) is 30.3 Å². The van der Waals surface area contributed by atoms with Crippen molar-refractivity contribution in [3.8, 4) is 44.7 Å². The van der Waals surface area contributed by atoms with Crippen LogP contribution in [0.4, 0.5) is 0 Å². The van der Waals surface area contributed by atoms with Crippen molar-refractivity contribution in [3.05, 3.63) is 133 Å². The molecule has 0 bridgehead atoms. The number of benzene rings is 6. The van der Waals surface area contributed by atoms with Crippen molar-refractivity contribution in [1.82, 2.24) is 19.9 Å². The number of thiophene rings is 1. The molecule has 3 heterocycles. The zero-order valence-electron chi connectivity index (χ0n) is 23.3. The largest absolute Gasteiger partial charge is 0.235 e. The lowest BCUT2D eigenvalue weighted by Crippen LogP contribution is -2.00. The van der Waals surface area contributed by atoms with Crippen LogP contribution in [-0.2, 0) is 0 Å². The fourth-order valence-corrected chi connectivity index (χ4v) is 8.16. The highest BCUT2D eigenvalue weighted by molar-refractivity contribution is 7.26. The fourth-order valence-electron chi connectivity index (χ4n) is 5.91. The zero-order chi connectivity index (χ0) is 29.0. The number of hydrogen-bond donors (Lipinski definition) is 0. The summed E-state index contributed by atoms with van der Waals surface area (Å²) >= 11 is 3.48. The van der Waals surface area contributed by atoms with Gasteiger partial charge in [-0.25, -0.2) is 19.9 Å². The molecule has 9 aromatic rings. The normalized spacial score (nSPS) is 11.6. The highest BCUT2D eigenvalue weighted by atomic mass is 32.1. The van der Waals surface area contributed by atoms with E-state index in [1.54, 1.807) is 22.7 Å². The molecule has 0 aliphatic heterocycles. The molecule has 0 fully saturated rings. The molecule has 44 heavy (non-hydrogen) atoms. The predicted octanol–water partition coefficient (Wildman–Crippen LogP) is 10.7. The molecule has 9 rings (SSSR count). The molecule has 0 saturated heterocycles. The van der Waals surface area contributed by atoms with Crippen LogP contribution in [0.3, 0.4) is 0 Å². The predicted molar refractivity (Wildman–Crippen MR) is 185 cm³/mol. The maximum absolute atomic E-state index is 5.21. The molecule has 0 aliphatic carbocycles. The smallest absolute Gasteiger partial charge is 0.166 e. The molecule has 206 valence electrons. The highest BCUT2D eigenvalue weighted by Gasteiger charge is 2.19. The van der Waals surface area contributed by atoms with Gasteiger partial charge in [-0.2, -0.15) is 0 Å². The summed E-state index contributed by atoms with van der Waals surface area (Å²) in [5.41, 5.74) is 4.88. The van der Waals surface area contributed by atoms with Gasteiger partial charge >= 0.3 is 0 Å². The minimum absolute atomic E-state index is 0.618. The minimum atomic E-state index is 0.618. The van der Waals surface area contributed by atoms with Gasteiger partial charge in [0.25, 0.3) is 0 Å².